The predicted molar refractivity (Wildman–Crippen MR) is 109 cm³/mol. The average molecular weight is 387 g/mol. The number of rotatable bonds is 8. The number of aliphatic hydroxyl groups is 1. The summed E-state index contributed by atoms with van der Waals surface area (Å²) in [6.07, 6.45) is 5.36. The van der Waals surface area contributed by atoms with Crippen LogP contribution in [0, 0.1) is 6.92 Å². The zero-order valence-corrected chi connectivity index (χ0v) is 16.9. The quantitative estimate of drug-likeness (QED) is 0.395. The molecule has 0 aliphatic heterocycles. The molecular formula is C19H29N7O2. The highest BCUT2D eigenvalue weighted by molar-refractivity contribution is 5.90. The fourth-order valence-corrected chi connectivity index (χ4v) is 2.41. The van der Waals surface area contributed by atoms with Crippen LogP contribution in [-0.4, -0.2) is 51.4 Å². The second-order valence-electron chi connectivity index (χ2n) is 6.82. The van der Waals surface area contributed by atoms with Gasteiger partial charge in [-0.2, -0.15) is 5.10 Å². The highest BCUT2D eigenvalue weighted by Crippen LogP contribution is 2.19. The molecule has 0 saturated carbocycles. The van der Waals surface area contributed by atoms with Gasteiger partial charge in [0.15, 0.2) is 5.96 Å². The minimum Gasteiger partial charge on any atom is -0.383 e. The Morgan fingerprint density at radius 2 is 2.11 bits per heavy atom. The van der Waals surface area contributed by atoms with Gasteiger partial charge in [0.05, 0.1) is 12.7 Å². The molecule has 2 heterocycles. The standard InChI is InChI=1S/C19H29N7O2/c1-5-20-18(23-13-19(3,28)15-11-24-26(4)12-15)21-9-8-17(27)25-16-7-6-14(2)10-22-16/h6-7,10-12,28H,5,8-9,13H2,1-4H3,(H2,20,21,23)(H,22,25,27). The van der Waals surface area contributed by atoms with Crippen LogP contribution >= 0.6 is 0 Å². The molecule has 1 atom stereocenters. The summed E-state index contributed by atoms with van der Waals surface area (Å²) in [6.45, 7) is 6.81. The van der Waals surface area contributed by atoms with Gasteiger partial charge < -0.3 is 21.1 Å². The lowest BCUT2D eigenvalue weighted by Crippen LogP contribution is -2.40. The number of pyridine rings is 1. The number of hydrogen-bond donors (Lipinski definition) is 4. The molecule has 1 amide bonds. The van der Waals surface area contributed by atoms with Crippen LogP contribution < -0.4 is 16.0 Å². The Kier molecular flexibility index (Phi) is 7.51. The van der Waals surface area contributed by atoms with Crippen molar-refractivity contribution in [3.63, 3.8) is 0 Å². The number of guanidine groups is 1. The van der Waals surface area contributed by atoms with Crippen molar-refractivity contribution in [1.29, 1.82) is 0 Å². The fraction of sp³-hybridized carbons (Fsp3) is 0.474. The van der Waals surface area contributed by atoms with Crippen LogP contribution in [0.3, 0.4) is 0 Å². The molecule has 0 fully saturated rings. The number of nitrogens with zero attached hydrogens (tertiary/aromatic N) is 4. The number of aryl methyl sites for hydroxylation is 2. The van der Waals surface area contributed by atoms with Gasteiger partial charge in [-0.1, -0.05) is 6.07 Å². The highest BCUT2D eigenvalue weighted by atomic mass is 16.3. The van der Waals surface area contributed by atoms with E-state index in [0.717, 1.165) is 5.56 Å². The second kappa shape index (κ2) is 9.84. The molecule has 0 saturated heterocycles. The highest BCUT2D eigenvalue weighted by Gasteiger charge is 2.24. The van der Waals surface area contributed by atoms with E-state index in [1.54, 1.807) is 43.3 Å². The van der Waals surface area contributed by atoms with Crippen LogP contribution in [0.15, 0.2) is 35.7 Å². The summed E-state index contributed by atoms with van der Waals surface area (Å²) in [4.78, 5) is 20.6. The smallest absolute Gasteiger partial charge is 0.227 e. The van der Waals surface area contributed by atoms with Crippen molar-refractivity contribution in [3.05, 3.63) is 41.9 Å². The molecule has 2 aromatic rings. The van der Waals surface area contributed by atoms with Crippen LogP contribution in [0.25, 0.3) is 0 Å². The third-order valence-electron chi connectivity index (χ3n) is 4.04. The van der Waals surface area contributed by atoms with Crippen LogP contribution in [-0.2, 0) is 17.4 Å². The first-order valence-electron chi connectivity index (χ1n) is 9.26. The minimum absolute atomic E-state index is 0.137. The molecule has 0 spiro atoms. The monoisotopic (exact) mass is 387 g/mol. The number of aliphatic imine (C=N–C) groups is 1. The van der Waals surface area contributed by atoms with E-state index in [1.165, 1.54) is 0 Å². The van der Waals surface area contributed by atoms with Crippen LogP contribution in [0.1, 0.15) is 31.4 Å². The number of carbonyl (C=O) groups excluding carboxylic acids is 1. The molecule has 4 N–H and O–H groups in total. The summed E-state index contributed by atoms with van der Waals surface area (Å²) in [7, 11) is 1.80. The van der Waals surface area contributed by atoms with Crippen molar-refractivity contribution in [3.8, 4) is 0 Å². The number of anilines is 1. The van der Waals surface area contributed by atoms with E-state index < -0.39 is 5.60 Å². The van der Waals surface area contributed by atoms with E-state index in [2.05, 4.69) is 31.0 Å². The van der Waals surface area contributed by atoms with Gasteiger partial charge in [0.1, 0.15) is 11.4 Å². The van der Waals surface area contributed by atoms with E-state index in [9.17, 15) is 9.90 Å². The van der Waals surface area contributed by atoms with Gasteiger partial charge in [-0.15, -0.1) is 0 Å². The summed E-state index contributed by atoms with van der Waals surface area (Å²) >= 11 is 0. The maximum absolute atomic E-state index is 12.0. The molecular weight excluding hydrogens is 358 g/mol. The summed E-state index contributed by atoms with van der Waals surface area (Å²) in [6, 6.07) is 3.66. The molecule has 1 unspecified atom stereocenters. The Labute approximate surface area is 165 Å². The molecule has 9 nitrogen and oxygen atoms in total. The van der Waals surface area contributed by atoms with Gasteiger partial charge in [0, 0.05) is 44.5 Å². The maximum Gasteiger partial charge on any atom is 0.227 e. The number of amides is 1. The van der Waals surface area contributed by atoms with E-state index in [0.29, 0.717) is 30.4 Å². The summed E-state index contributed by atoms with van der Waals surface area (Å²) in [5.74, 6) is 0.929. The average Bonchev–Trinajstić information content (AvgIpc) is 3.09. The lowest BCUT2D eigenvalue weighted by atomic mass is 10.0. The van der Waals surface area contributed by atoms with Crippen molar-refractivity contribution in [2.75, 3.05) is 25.0 Å². The Balaban J connectivity index is 1.85. The van der Waals surface area contributed by atoms with Crippen molar-refractivity contribution >= 4 is 17.7 Å². The van der Waals surface area contributed by atoms with Crippen molar-refractivity contribution in [2.24, 2.45) is 12.0 Å². The molecule has 0 aromatic carbocycles. The van der Waals surface area contributed by atoms with Crippen LogP contribution in [0.2, 0.25) is 0 Å². The van der Waals surface area contributed by atoms with Crippen molar-refractivity contribution in [1.82, 2.24) is 25.4 Å². The first-order valence-corrected chi connectivity index (χ1v) is 9.26. The maximum atomic E-state index is 12.0. The number of hydrogen-bond acceptors (Lipinski definition) is 5. The minimum atomic E-state index is -1.13. The van der Waals surface area contributed by atoms with E-state index >= 15 is 0 Å². The van der Waals surface area contributed by atoms with Crippen LogP contribution in [0.5, 0.6) is 0 Å². The topological polar surface area (TPSA) is 116 Å². The number of carbonyl (C=O) groups is 1. The zero-order chi connectivity index (χ0) is 20.6. The summed E-state index contributed by atoms with van der Waals surface area (Å²) < 4.78 is 1.64. The lowest BCUT2D eigenvalue weighted by molar-refractivity contribution is -0.116. The predicted octanol–water partition coefficient (Wildman–Crippen LogP) is 0.915. The van der Waals surface area contributed by atoms with Gasteiger partial charge >= 0.3 is 0 Å². The van der Waals surface area contributed by atoms with E-state index in [1.807, 2.05) is 19.9 Å². The van der Waals surface area contributed by atoms with E-state index in [-0.39, 0.29) is 18.9 Å². The number of nitrogens with one attached hydrogen (secondary N) is 3. The molecule has 0 radical (unpaired) electrons. The molecule has 9 heteroatoms. The largest absolute Gasteiger partial charge is 0.383 e. The molecule has 0 aliphatic carbocycles. The SMILES string of the molecule is CCNC(=NCC(C)(O)c1cnn(C)c1)NCCC(=O)Nc1ccc(C)cn1. The fourth-order valence-electron chi connectivity index (χ4n) is 2.41. The molecule has 152 valence electrons. The normalized spacial score (nSPS) is 13.7. The summed E-state index contributed by atoms with van der Waals surface area (Å²) in [5.41, 5.74) is 0.596. The van der Waals surface area contributed by atoms with Crippen molar-refractivity contribution < 1.29 is 9.90 Å². The molecule has 0 aliphatic rings. The Morgan fingerprint density at radius 1 is 1.32 bits per heavy atom. The third kappa shape index (κ3) is 6.66. The Bertz CT molecular complexity index is 797. The lowest BCUT2D eigenvalue weighted by Gasteiger charge is -2.20. The Hall–Kier alpha value is -2.94. The van der Waals surface area contributed by atoms with Gasteiger partial charge in [-0.3, -0.25) is 9.48 Å². The molecule has 2 rings (SSSR count). The molecule has 2 aromatic heterocycles. The Morgan fingerprint density at radius 3 is 2.71 bits per heavy atom. The van der Waals surface area contributed by atoms with Gasteiger partial charge in [0.25, 0.3) is 0 Å². The molecule has 0 bridgehead atoms. The second-order valence-corrected chi connectivity index (χ2v) is 6.82. The van der Waals surface area contributed by atoms with Gasteiger partial charge in [-0.05, 0) is 32.4 Å². The first-order chi connectivity index (χ1) is 13.3. The van der Waals surface area contributed by atoms with E-state index in [4.69, 9.17) is 0 Å². The third-order valence-corrected chi connectivity index (χ3v) is 4.04. The van der Waals surface area contributed by atoms with Gasteiger partial charge in [-0.25, -0.2) is 9.98 Å². The van der Waals surface area contributed by atoms with Crippen LogP contribution in [0.4, 0.5) is 5.82 Å². The summed E-state index contributed by atoms with van der Waals surface area (Å²) in [5, 5.41) is 23.7. The number of aromatic nitrogens is 3. The van der Waals surface area contributed by atoms with Crippen molar-refractivity contribution in [2.45, 2.75) is 32.8 Å². The molecule has 28 heavy (non-hydrogen) atoms. The first kappa shape index (κ1) is 21.4. The zero-order valence-electron chi connectivity index (χ0n) is 16.9. The van der Waals surface area contributed by atoms with Gasteiger partial charge in [0.2, 0.25) is 5.91 Å².